The summed E-state index contributed by atoms with van der Waals surface area (Å²) in [5, 5.41) is 2.97. The molecule has 0 bridgehead atoms. The summed E-state index contributed by atoms with van der Waals surface area (Å²) in [7, 11) is 0. The van der Waals surface area contributed by atoms with Gasteiger partial charge in [-0.05, 0) is 49.1 Å². The molecule has 0 aliphatic heterocycles. The number of carbonyl (C=O) groups is 1. The number of amides is 1. The predicted octanol–water partition coefficient (Wildman–Crippen LogP) is 5.19. The minimum absolute atomic E-state index is 0.107. The van der Waals surface area contributed by atoms with Crippen LogP contribution in [0.4, 0.5) is 0 Å². The van der Waals surface area contributed by atoms with E-state index < -0.39 is 0 Å². The molecule has 158 valence electrons. The summed E-state index contributed by atoms with van der Waals surface area (Å²) in [6, 6.07) is 9.34. The molecule has 0 fully saturated rings. The van der Waals surface area contributed by atoms with Gasteiger partial charge in [-0.1, -0.05) is 45.6 Å². The van der Waals surface area contributed by atoms with Crippen molar-refractivity contribution in [2.24, 2.45) is 0 Å². The van der Waals surface area contributed by atoms with Gasteiger partial charge in [0.2, 0.25) is 0 Å². The molecule has 0 saturated heterocycles. The first kappa shape index (κ1) is 22.7. The Labute approximate surface area is 174 Å². The monoisotopic (exact) mass is 398 g/mol. The summed E-state index contributed by atoms with van der Waals surface area (Å²) in [6.07, 6.45) is 10.9. The first-order chi connectivity index (χ1) is 14.2. The van der Waals surface area contributed by atoms with E-state index in [0.717, 1.165) is 50.5 Å². The summed E-state index contributed by atoms with van der Waals surface area (Å²) < 4.78 is 11.9. The zero-order valence-electron chi connectivity index (χ0n) is 17.8. The van der Waals surface area contributed by atoms with Gasteiger partial charge < -0.3 is 14.8 Å². The van der Waals surface area contributed by atoms with Gasteiger partial charge in [-0.2, -0.15) is 0 Å². The third-order valence-electron chi connectivity index (χ3n) is 4.64. The summed E-state index contributed by atoms with van der Waals surface area (Å²) in [5.41, 5.74) is 1.69. The van der Waals surface area contributed by atoms with Crippen LogP contribution in [0.25, 0.3) is 0 Å². The van der Waals surface area contributed by atoms with Crippen molar-refractivity contribution in [1.82, 2.24) is 10.3 Å². The van der Waals surface area contributed by atoms with Crippen molar-refractivity contribution in [3.05, 3.63) is 53.9 Å². The van der Waals surface area contributed by atoms with Crippen molar-refractivity contribution >= 4 is 5.91 Å². The van der Waals surface area contributed by atoms with Gasteiger partial charge in [-0.3, -0.25) is 9.78 Å². The molecule has 29 heavy (non-hydrogen) atoms. The van der Waals surface area contributed by atoms with Crippen LogP contribution >= 0.6 is 0 Å². The second-order valence-electron chi connectivity index (χ2n) is 7.14. The van der Waals surface area contributed by atoms with Crippen molar-refractivity contribution in [3.63, 3.8) is 0 Å². The third kappa shape index (κ3) is 8.55. The van der Waals surface area contributed by atoms with E-state index >= 15 is 0 Å². The Morgan fingerprint density at radius 3 is 2.34 bits per heavy atom. The zero-order valence-corrected chi connectivity index (χ0v) is 17.8. The molecule has 0 saturated carbocycles. The van der Waals surface area contributed by atoms with Crippen LogP contribution in [0.1, 0.15) is 68.3 Å². The molecule has 1 amide bonds. The fourth-order valence-corrected chi connectivity index (χ4v) is 2.92. The third-order valence-corrected chi connectivity index (χ3v) is 4.64. The minimum atomic E-state index is -0.107. The normalized spacial score (nSPS) is 10.6. The summed E-state index contributed by atoms with van der Waals surface area (Å²) in [6.45, 7) is 6.19. The van der Waals surface area contributed by atoms with Gasteiger partial charge in [0.15, 0.2) is 11.5 Å². The molecule has 0 unspecified atom stereocenters. The number of nitrogens with zero attached hydrogens (tertiary/aromatic N) is 1. The Morgan fingerprint density at radius 1 is 0.966 bits per heavy atom. The number of carbonyl (C=O) groups excluding carboxylic acids is 1. The number of pyridine rings is 1. The highest BCUT2D eigenvalue weighted by Gasteiger charge is 2.12. The number of unbranched alkanes of at least 4 members (excludes halogenated alkanes) is 4. The van der Waals surface area contributed by atoms with Gasteiger partial charge in [0, 0.05) is 24.5 Å². The molecule has 2 aromatic rings. The Balaban J connectivity index is 1.95. The smallest absolute Gasteiger partial charge is 0.251 e. The first-order valence-electron chi connectivity index (χ1n) is 10.8. The van der Waals surface area contributed by atoms with E-state index in [1.165, 1.54) is 0 Å². The van der Waals surface area contributed by atoms with E-state index in [1.54, 1.807) is 18.3 Å². The highest BCUT2D eigenvalue weighted by molar-refractivity contribution is 5.94. The van der Waals surface area contributed by atoms with Crippen LogP contribution in [0.5, 0.6) is 11.5 Å². The van der Waals surface area contributed by atoms with Crippen LogP contribution in [0.2, 0.25) is 0 Å². The molecule has 0 aliphatic rings. The number of benzene rings is 1. The molecule has 0 radical (unpaired) electrons. The van der Waals surface area contributed by atoms with Crippen LogP contribution in [0.3, 0.4) is 0 Å². The Hall–Kier alpha value is -2.56. The maximum atomic E-state index is 12.6. The van der Waals surface area contributed by atoms with Gasteiger partial charge in [-0.15, -0.1) is 0 Å². The number of hydrogen-bond donors (Lipinski definition) is 1. The molecule has 1 heterocycles. The molecule has 5 heteroatoms. The molecule has 1 N–H and O–H groups in total. The van der Waals surface area contributed by atoms with Crippen LogP contribution in [-0.4, -0.2) is 30.6 Å². The lowest BCUT2D eigenvalue weighted by atomic mass is 10.1. The topological polar surface area (TPSA) is 60.5 Å². The molecule has 1 aromatic carbocycles. The highest BCUT2D eigenvalue weighted by atomic mass is 16.5. The lowest BCUT2D eigenvalue weighted by Gasteiger charge is -2.14. The average molecular weight is 399 g/mol. The number of ether oxygens (including phenoxy) is 2. The van der Waals surface area contributed by atoms with E-state index in [1.807, 2.05) is 24.4 Å². The number of hydrogen-bond acceptors (Lipinski definition) is 4. The van der Waals surface area contributed by atoms with Gasteiger partial charge in [0.1, 0.15) is 0 Å². The molecular formula is C24H34N2O3. The van der Waals surface area contributed by atoms with E-state index in [-0.39, 0.29) is 5.91 Å². The second-order valence-corrected chi connectivity index (χ2v) is 7.14. The summed E-state index contributed by atoms with van der Waals surface area (Å²) >= 11 is 0. The minimum Gasteiger partial charge on any atom is -0.490 e. The number of rotatable bonds is 14. The van der Waals surface area contributed by atoms with Gasteiger partial charge in [0.25, 0.3) is 5.91 Å². The van der Waals surface area contributed by atoms with Crippen LogP contribution < -0.4 is 14.8 Å². The largest absolute Gasteiger partial charge is 0.490 e. The number of aromatic nitrogens is 1. The zero-order chi connectivity index (χ0) is 20.7. The van der Waals surface area contributed by atoms with Gasteiger partial charge in [0.05, 0.1) is 13.2 Å². The lowest BCUT2D eigenvalue weighted by Crippen LogP contribution is -2.25. The van der Waals surface area contributed by atoms with Crippen molar-refractivity contribution < 1.29 is 14.3 Å². The van der Waals surface area contributed by atoms with E-state index in [2.05, 4.69) is 24.1 Å². The summed E-state index contributed by atoms with van der Waals surface area (Å²) in [4.78, 5) is 16.6. The van der Waals surface area contributed by atoms with Gasteiger partial charge >= 0.3 is 0 Å². The SMILES string of the molecule is CCCCCOc1ccc(C(=O)NCCc2cccnc2)cc1OCCCCC. The Morgan fingerprint density at radius 2 is 1.69 bits per heavy atom. The van der Waals surface area contributed by atoms with E-state index in [0.29, 0.717) is 36.8 Å². The van der Waals surface area contributed by atoms with E-state index in [9.17, 15) is 4.79 Å². The van der Waals surface area contributed by atoms with E-state index in [4.69, 9.17) is 9.47 Å². The Kier molecular flexibility index (Phi) is 10.6. The molecule has 5 nitrogen and oxygen atoms in total. The highest BCUT2D eigenvalue weighted by Crippen LogP contribution is 2.29. The predicted molar refractivity (Wildman–Crippen MR) is 117 cm³/mol. The fraction of sp³-hybridized carbons (Fsp3) is 0.500. The average Bonchev–Trinajstić information content (AvgIpc) is 2.75. The first-order valence-corrected chi connectivity index (χ1v) is 10.8. The Bertz CT molecular complexity index is 719. The van der Waals surface area contributed by atoms with Crippen molar-refractivity contribution in [3.8, 4) is 11.5 Å². The fourth-order valence-electron chi connectivity index (χ4n) is 2.92. The number of nitrogens with one attached hydrogen (secondary N) is 1. The molecule has 1 aromatic heterocycles. The molecule has 2 rings (SSSR count). The standard InChI is InChI=1S/C24H34N2O3/c1-3-5-7-16-28-22-12-11-21(18-23(22)29-17-8-6-4-2)24(27)26-15-13-20-10-9-14-25-19-20/h9-12,14,18-19H,3-8,13,15-17H2,1-2H3,(H,26,27). The quantitative estimate of drug-likeness (QED) is 0.445. The molecule has 0 spiro atoms. The van der Waals surface area contributed by atoms with Crippen molar-refractivity contribution in [2.75, 3.05) is 19.8 Å². The summed E-state index contributed by atoms with van der Waals surface area (Å²) in [5.74, 6) is 1.26. The molecular weight excluding hydrogens is 364 g/mol. The van der Waals surface area contributed by atoms with Gasteiger partial charge in [-0.25, -0.2) is 0 Å². The second kappa shape index (κ2) is 13.6. The van der Waals surface area contributed by atoms with Crippen LogP contribution in [0.15, 0.2) is 42.7 Å². The van der Waals surface area contributed by atoms with Crippen molar-refractivity contribution in [1.29, 1.82) is 0 Å². The molecule has 0 aliphatic carbocycles. The van der Waals surface area contributed by atoms with Crippen LogP contribution in [0, 0.1) is 0 Å². The van der Waals surface area contributed by atoms with Crippen LogP contribution in [-0.2, 0) is 6.42 Å². The maximum Gasteiger partial charge on any atom is 0.251 e. The maximum absolute atomic E-state index is 12.6. The lowest BCUT2D eigenvalue weighted by molar-refractivity contribution is 0.0953. The van der Waals surface area contributed by atoms with Crippen molar-refractivity contribution in [2.45, 2.75) is 58.8 Å². The molecule has 0 atom stereocenters.